The van der Waals surface area contributed by atoms with Crippen molar-refractivity contribution >= 4 is 5.91 Å². The van der Waals surface area contributed by atoms with E-state index in [1.54, 1.807) is 0 Å². The molecule has 0 atom stereocenters. The van der Waals surface area contributed by atoms with E-state index in [4.69, 9.17) is 0 Å². The Kier molecular flexibility index (Phi) is 4.69. The minimum atomic E-state index is -0.0453. The van der Waals surface area contributed by atoms with Crippen molar-refractivity contribution in [3.05, 3.63) is 46.8 Å². The quantitative estimate of drug-likeness (QED) is 0.934. The maximum absolute atomic E-state index is 12.6. The van der Waals surface area contributed by atoms with E-state index in [0.29, 0.717) is 5.56 Å². The van der Waals surface area contributed by atoms with Gasteiger partial charge in [-0.15, -0.1) is 0 Å². The molecule has 1 amide bonds. The Balaban J connectivity index is 2.63. The highest BCUT2D eigenvalue weighted by Crippen LogP contribution is 2.27. The monoisotopic (exact) mass is 299 g/mol. The lowest BCUT2D eigenvalue weighted by molar-refractivity contribution is 0.0941. The van der Waals surface area contributed by atoms with Crippen molar-refractivity contribution in [1.29, 1.82) is 0 Å². The molecule has 1 aromatic carbocycles. The number of amides is 1. The molecule has 0 aliphatic carbocycles. The summed E-state index contributed by atoms with van der Waals surface area (Å²) in [5.41, 5.74) is 4.60. The van der Waals surface area contributed by atoms with Gasteiger partial charge in [0.25, 0.3) is 5.91 Å². The number of nitrogens with one attached hydrogen (secondary N) is 1. The molecule has 0 spiro atoms. The number of para-hydroxylation sites is 1. The minimum Gasteiger partial charge on any atom is -0.350 e. The van der Waals surface area contributed by atoms with Gasteiger partial charge in [0.05, 0.1) is 22.6 Å². The molecule has 0 aliphatic rings. The molecule has 0 aliphatic heterocycles. The molecule has 2 aromatic rings. The van der Waals surface area contributed by atoms with Crippen LogP contribution < -0.4 is 5.32 Å². The molecule has 0 unspecified atom stereocenters. The normalized spacial score (nSPS) is 11.3. The molecule has 0 bridgehead atoms. The van der Waals surface area contributed by atoms with Gasteiger partial charge in [0.1, 0.15) is 0 Å². The summed E-state index contributed by atoms with van der Waals surface area (Å²) in [4.78, 5) is 12.6. The number of aromatic nitrogens is 2. The smallest absolute Gasteiger partial charge is 0.255 e. The van der Waals surface area contributed by atoms with Gasteiger partial charge < -0.3 is 5.32 Å². The van der Waals surface area contributed by atoms with Crippen LogP contribution >= 0.6 is 0 Å². The molecule has 2 rings (SSSR count). The van der Waals surface area contributed by atoms with Gasteiger partial charge in [0.2, 0.25) is 0 Å². The van der Waals surface area contributed by atoms with E-state index in [-0.39, 0.29) is 17.9 Å². The second-order valence-electron chi connectivity index (χ2n) is 6.33. The first-order valence-corrected chi connectivity index (χ1v) is 7.79. The fraction of sp³-hybridized carbons (Fsp3) is 0.444. The van der Waals surface area contributed by atoms with Gasteiger partial charge >= 0.3 is 0 Å². The Labute approximate surface area is 132 Å². The molecule has 4 heteroatoms. The fourth-order valence-electron chi connectivity index (χ4n) is 2.68. The summed E-state index contributed by atoms with van der Waals surface area (Å²) in [6.45, 7) is 12.1. The summed E-state index contributed by atoms with van der Waals surface area (Å²) in [7, 11) is 0. The summed E-state index contributed by atoms with van der Waals surface area (Å²) in [6.07, 6.45) is 0. The highest BCUT2D eigenvalue weighted by atomic mass is 16.1. The Morgan fingerprint density at radius 1 is 1.14 bits per heavy atom. The molecular formula is C18H25N3O. The topological polar surface area (TPSA) is 46.9 Å². The number of nitrogens with zero attached hydrogens (tertiary/aromatic N) is 2. The lowest BCUT2D eigenvalue weighted by atomic mass is 10.0. The van der Waals surface area contributed by atoms with Crippen LogP contribution in [0.25, 0.3) is 5.69 Å². The minimum absolute atomic E-state index is 0.0453. The van der Waals surface area contributed by atoms with E-state index >= 15 is 0 Å². The SMILES string of the molecule is Cc1ccccc1-n1nc(C)c(C(=O)NC(C)C)c1C(C)C. The molecule has 1 N–H and O–H groups in total. The van der Waals surface area contributed by atoms with Crippen molar-refractivity contribution in [2.75, 3.05) is 0 Å². The standard InChI is InChI=1S/C18H25N3O/c1-11(2)17-16(18(22)19-12(3)4)14(6)20-21(17)15-10-8-7-9-13(15)5/h7-12H,1-6H3,(H,19,22). The van der Waals surface area contributed by atoms with Crippen LogP contribution in [0.3, 0.4) is 0 Å². The van der Waals surface area contributed by atoms with E-state index in [9.17, 15) is 4.79 Å². The first kappa shape index (κ1) is 16.3. The Morgan fingerprint density at radius 3 is 2.32 bits per heavy atom. The second-order valence-corrected chi connectivity index (χ2v) is 6.33. The van der Waals surface area contributed by atoms with Crippen LogP contribution in [0.15, 0.2) is 24.3 Å². The molecule has 0 saturated carbocycles. The molecule has 1 aromatic heterocycles. The average Bonchev–Trinajstić information content (AvgIpc) is 2.76. The van der Waals surface area contributed by atoms with Crippen LogP contribution in [0.1, 0.15) is 60.9 Å². The highest BCUT2D eigenvalue weighted by molar-refractivity contribution is 5.97. The number of hydrogen-bond donors (Lipinski definition) is 1. The summed E-state index contributed by atoms with van der Waals surface area (Å²) in [6, 6.07) is 8.21. The number of carbonyl (C=O) groups is 1. The van der Waals surface area contributed by atoms with Crippen LogP contribution in [0, 0.1) is 13.8 Å². The molecule has 0 saturated heterocycles. The number of aryl methyl sites for hydroxylation is 2. The van der Waals surface area contributed by atoms with Gasteiger partial charge in [-0.3, -0.25) is 4.79 Å². The van der Waals surface area contributed by atoms with Crippen LogP contribution in [0.2, 0.25) is 0 Å². The van der Waals surface area contributed by atoms with Gasteiger partial charge in [0.15, 0.2) is 0 Å². The van der Waals surface area contributed by atoms with Crippen LogP contribution in [0.5, 0.6) is 0 Å². The first-order chi connectivity index (χ1) is 10.3. The Morgan fingerprint density at radius 2 is 1.77 bits per heavy atom. The van der Waals surface area contributed by atoms with E-state index in [1.807, 2.05) is 43.7 Å². The maximum atomic E-state index is 12.6. The number of hydrogen-bond acceptors (Lipinski definition) is 2. The molecule has 0 radical (unpaired) electrons. The summed E-state index contributed by atoms with van der Waals surface area (Å²) in [5, 5.41) is 7.63. The third-order valence-corrected chi connectivity index (χ3v) is 3.63. The number of rotatable bonds is 4. The Hall–Kier alpha value is -2.10. The predicted octanol–water partition coefficient (Wildman–Crippen LogP) is 3.75. The van der Waals surface area contributed by atoms with Crippen molar-refractivity contribution in [3.8, 4) is 5.69 Å². The van der Waals surface area contributed by atoms with Gasteiger partial charge in [-0.1, -0.05) is 32.0 Å². The van der Waals surface area contributed by atoms with Crippen molar-refractivity contribution < 1.29 is 4.79 Å². The highest BCUT2D eigenvalue weighted by Gasteiger charge is 2.25. The van der Waals surface area contributed by atoms with Crippen LogP contribution in [-0.2, 0) is 0 Å². The third kappa shape index (κ3) is 3.06. The molecule has 118 valence electrons. The van der Waals surface area contributed by atoms with Gasteiger partial charge in [-0.25, -0.2) is 4.68 Å². The predicted molar refractivity (Wildman–Crippen MR) is 89.7 cm³/mol. The molecule has 0 fully saturated rings. The lowest BCUT2D eigenvalue weighted by Gasteiger charge is -2.15. The fourth-order valence-corrected chi connectivity index (χ4v) is 2.68. The van der Waals surface area contributed by atoms with Crippen molar-refractivity contribution in [2.24, 2.45) is 0 Å². The van der Waals surface area contributed by atoms with Crippen LogP contribution in [0.4, 0.5) is 0 Å². The Bertz CT molecular complexity index is 684. The third-order valence-electron chi connectivity index (χ3n) is 3.63. The number of benzene rings is 1. The summed E-state index contributed by atoms with van der Waals surface area (Å²) in [5.74, 6) is 0.157. The molecular weight excluding hydrogens is 274 g/mol. The van der Waals surface area contributed by atoms with Crippen molar-refractivity contribution in [3.63, 3.8) is 0 Å². The largest absolute Gasteiger partial charge is 0.350 e. The average molecular weight is 299 g/mol. The summed E-state index contributed by atoms with van der Waals surface area (Å²) >= 11 is 0. The molecule has 1 heterocycles. The lowest BCUT2D eigenvalue weighted by Crippen LogP contribution is -2.31. The van der Waals surface area contributed by atoms with E-state index in [2.05, 4.69) is 37.3 Å². The number of carbonyl (C=O) groups excluding carboxylic acids is 1. The van der Waals surface area contributed by atoms with Crippen molar-refractivity contribution in [2.45, 2.75) is 53.5 Å². The van der Waals surface area contributed by atoms with Crippen LogP contribution in [-0.4, -0.2) is 21.7 Å². The maximum Gasteiger partial charge on any atom is 0.255 e. The van der Waals surface area contributed by atoms with Crippen molar-refractivity contribution in [1.82, 2.24) is 15.1 Å². The molecule has 4 nitrogen and oxygen atoms in total. The van der Waals surface area contributed by atoms with Gasteiger partial charge in [0, 0.05) is 6.04 Å². The first-order valence-electron chi connectivity index (χ1n) is 7.79. The zero-order chi connectivity index (χ0) is 16.4. The second kappa shape index (κ2) is 6.34. The summed E-state index contributed by atoms with van der Waals surface area (Å²) < 4.78 is 1.92. The van der Waals surface area contributed by atoms with E-state index < -0.39 is 0 Å². The van der Waals surface area contributed by atoms with E-state index in [1.165, 1.54) is 0 Å². The zero-order valence-electron chi connectivity index (χ0n) is 14.3. The van der Waals surface area contributed by atoms with Gasteiger partial charge in [-0.05, 0) is 45.2 Å². The van der Waals surface area contributed by atoms with E-state index in [0.717, 1.165) is 22.6 Å². The zero-order valence-corrected chi connectivity index (χ0v) is 14.3. The van der Waals surface area contributed by atoms with Gasteiger partial charge in [-0.2, -0.15) is 5.10 Å². The molecule has 22 heavy (non-hydrogen) atoms.